The van der Waals surface area contributed by atoms with Crippen molar-refractivity contribution in [3.8, 4) is 0 Å². The standard InChI is InChI=1S/C7H15NO.C2H6/c1-6-5-9-7(2)4-8(6)3;1-2/h6-7H,4-5H2,1-3H3;1-2H3. The second-order valence-corrected chi connectivity index (χ2v) is 2.93. The number of ether oxygens (including phenoxy) is 1. The number of hydrogen-bond acceptors (Lipinski definition) is 2. The molecule has 1 saturated heterocycles. The minimum absolute atomic E-state index is 0.422. The second kappa shape index (κ2) is 5.56. The molecular weight excluding hydrogens is 138 g/mol. The second-order valence-electron chi connectivity index (χ2n) is 2.93. The zero-order chi connectivity index (χ0) is 8.85. The van der Waals surface area contributed by atoms with Crippen LogP contribution in [0.3, 0.4) is 0 Å². The summed E-state index contributed by atoms with van der Waals surface area (Å²) < 4.78 is 5.42. The Hall–Kier alpha value is -0.0800. The van der Waals surface area contributed by atoms with Crippen LogP contribution in [0, 0.1) is 0 Å². The molecule has 0 amide bonds. The molecule has 68 valence electrons. The van der Waals surface area contributed by atoms with Gasteiger partial charge in [-0.05, 0) is 20.9 Å². The maximum absolute atomic E-state index is 5.42. The van der Waals surface area contributed by atoms with Gasteiger partial charge in [0.25, 0.3) is 0 Å². The fourth-order valence-corrected chi connectivity index (χ4v) is 1.07. The molecule has 0 bridgehead atoms. The van der Waals surface area contributed by atoms with Gasteiger partial charge in [-0.1, -0.05) is 13.8 Å². The highest BCUT2D eigenvalue weighted by molar-refractivity contribution is 4.71. The molecule has 0 radical (unpaired) electrons. The van der Waals surface area contributed by atoms with Gasteiger partial charge in [-0.25, -0.2) is 0 Å². The summed E-state index contributed by atoms with van der Waals surface area (Å²) in [6.07, 6.45) is 0.422. The zero-order valence-electron chi connectivity index (χ0n) is 8.42. The molecule has 2 atom stereocenters. The van der Waals surface area contributed by atoms with Crippen LogP contribution in [0.5, 0.6) is 0 Å². The van der Waals surface area contributed by atoms with Gasteiger partial charge in [0, 0.05) is 12.6 Å². The third kappa shape index (κ3) is 3.73. The van der Waals surface area contributed by atoms with E-state index in [1.165, 1.54) is 0 Å². The lowest BCUT2D eigenvalue weighted by Crippen LogP contribution is -2.44. The summed E-state index contributed by atoms with van der Waals surface area (Å²) in [6, 6.07) is 0.598. The van der Waals surface area contributed by atoms with Crippen molar-refractivity contribution in [2.24, 2.45) is 0 Å². The van der Waals surface area contributed by atoms with Crippen molar-refractivity contribution in [1.82, 2.24) is 4.90 Å². The summed E-state index contributed by atoms with van der Waals surface area (Å²) in [7, 11) is 2.14. The molecule has 1 aliphatic heterocycles. The van der Waals surface area contributed by atoms with Gasteiger partial charge in [0.1, 0.15) is 0 Å². The fraction of sp³-hybridized carbons (Fsp3) is 1.00. The summed E-state index contributed by atoms with van der Waals surface area (Å²) in [5, 5.41) is 0. The molecule has 0 aromatic heterocycles. The molecule has 1 heterocycles. The summed E-state index contributed by atoms with van der Waals surface area (Å²) in [5.41, 5.74) is 0. The van der Waals surface area contributed by atoms with Crippen LogP contribution in [0.1, 0.15) is 27.7 Å². The summed E-state index contributed by atoms with van der Waals surface area (Å²) in [5.74, 6) is 0. The lowest BCUT2D eigenvalue weighted by Gasteiger charge is -2.33. The van der Waals surface area contributed by atoms with Crippen molar-refractivity contribution in [3.05, 3.63) is 0 Å². The summed E-state index contributed by atoms with van der Waals surface area (Å²) >= 11 is 0. The number of likely N-dealkylation sites (N-methyl/N-ethyl adjacent to an activating group) is 1. The molecule has 0 aromatic carbocycles. The number of hydrogen-bond donors (Lipinski definition) is 0. The Morgan fingerprint density at radius 2 is 1.82 bits per heavy atom. The minimum atomic E-state index is 0.422. The highest BCUT2D eigenvalue weighted by Crippen LogP contribution is 2.07. The highest BCUT2D eigenvalue weighted by atomic mass is 16.5. The Bertz CT molecular complexity index is 95.6. The fourth-order valence-electron chi connectivity index (χ4n) is 1.07. The van der Waals surface area contributed by atoms with E-state index in [9.17, 15) is 0 Å². The van der Waals surface area contributed by atoms with Crippen molar-refractivity contribution in [1.29, 1.82) is 0 Å². The van der Waals surface area contributed by atoms with E-state index < -0.39 is 0 Å². The third-order valence-electron chi connectivity index (χ3n) is 1.92. The lowest BCUT2D eigenvalue weighted by atomic mass is 10.2. The van der Waals surface area contributed by atoms with Gasteiger partial charge in [0.15, 0.2) is 0 Å². The van der Waals surface area contributed by atoms with Crippen LogP contribution >= 0.6 is 0 Å². The van der Waals surface area contributed by atoms with Gasteiger partial charge in [0.2, 0.25) is 0 Å². The van der Waals surface area contributed by atoms with E-state index in [-0.39, 0.29) is 0 Å². The molecule has 0 N–H and O–H groups in total. The van der Waals surface area contributed by atoms with Crippen molar-refractivity contribution >= 4 is 0 Å². The molecule has 2 unspecified atom stereocenters. The van der Waals surface area contributed by atoms with E-state index in [1.807, 2.05) is 13.8 Å². The molecule has 0 aliphatic carbocycles. The Kier molecular flexibility index (Phi) is 5.51. The van der Waals surface area contributed by atoms with Crippen LogP contribution in [0.2, 0.25) is 0 Å². The molecule has 1 aliphatic rings. The van der Waals surface area contributed by atoms with Crippen LogP contribution < -0.4 is 0 Å². The predicted molar refractivity (Wildman–Crippen MR) is 48.9 cm³/mol. The molecule has 2 nitrogen and oxygen atoms in total. The average molecular weight is 159 g/mol. The van der Waals surface area contributed by atoms with Crippen LogP contribution in [0.4, 0.5) is 0 Å². The van der Waals surface area contributed by atoms with Gasteiger partial charge < -0.3 is 4.74 Å². The molecule has 11 heavy (non-hydrogen) atoms. The van der Waals surface area contributed by atoms with E-state index in [1.54, 1.807) is 0 Å². The highest BCUT2D eigenvalue weighted by Gasteiger charge is 2.18. The van der Waals surface area contributed by atoms with E-state index in [4.69, 9.17) is 4.74 Å². The Labute approximate surface area is 70.5 Å². The van der Waals surface area contributed by atoms with E-state index in [2.05, 4.69) is 25.8 Å². The topological polar surface area (TPSA) is 12.5 Å². The van der Waals surface area contributed by atoms with Crippen molar-refractivity contribution in [3.63, 3.8) is 0 Å². The monoisotopic (exact) mass is 159 g/mol. The predicted octanol–water partition coefficient (Wildman–Crippen LogP) is 1.75. The number of rotatable bonds is 0. The zero-order valence-corrected chi connectivity index (χ0v) is 8.42. The van der Waals surface area contributed by atoms with Crippen molar-refractivity contribution in [2.45, 2.75) is 39.8 Å². The van der Waals surface area contributed by atoms with Gasteiger partial charge in [0.05, 0.1) is 12.7 Å². The molecule has 2 heteroatoms. The molecule has 1 rings (SSSR count). The molecule has 0 saturated carbocycles. The average Bonchev–Trinajstić information content (AvgIpc) is 2.02. The maximum Gasteiger partial charge on any atom is 0.0674 e. The summed E-state index contributed by atoms with van der Waals surface area (Å²) in [4.78, 5) is 2.33. The van der Waals surface area contributed by atoms with Crippen molar-refractivity contribution < 1.29 is 4.74 Å². The van der Waals surface area contributed by atoms with Gasteiger partial charge in [-0.3, -0.25) is 4.90 Å². The van der Waals surface area contributed by atoms with Gasteiger partial charge in [-0.15, -0.1) is 0 Å². The van der Waals surface area contributed by atoms with Crippen LogP contribution in [0.15, 0.2) is 0 Å². The molecular formula is C9H21NO. The first-order valence-corrected chi connectivity index (χ1v) is 4.52. The first-order chi connectivity index (χ1) is 5.20. The Morgan fingerprint density at radius 1 is 1.27 bits per heavy atom. The Balaban J connectivity index is 0.000000461. The Morgan fingerprint density at radius 3 is 2.18 bits per heavy atom. The van der Waals surface area contributed by atoms with Crippen LogP contribution in [-0.4, -0.2) is 37.2 Å². The van der Waals surface area contributed by atoms with Gasteiger partial charge in [-0.2, -0.15) is 0 Å². The smallest absolute Gasteiger partial charge is 0.0674 e. The normalized spacial score (nSPS) is 32.5. The van der Waals surface area contributed by atoms with Crippen LogP contribution in [-0.2, 0) is 4.74 Å². The quantitative estimate of drug-likeness (QED) is 0.534. The van der Waals surface area contributed by atoms with Gasteiger partial charge >= 0.3 is 0 Å². The molecule has 0 aromatic rings. The number of morpholine rings is 1. The first kappa shape index (κ1) is 10.9. The van der Waals surface area contributed by atoms with E-state index in [0.29, 0.717) is 12.1 Å². The van der Waals surface area contributed by atoms with Crippen LogP contribution in [0.25, 0.3) is 0 Å². The maximum atomic E-state index is 5.42. The lowest BCUT2D eigenvalue weighted by molar-refractivity contribution is -0.0388. The minimum Gasteiger partial charge on any atom is -0.376 e. The van der Waals surface area contributed by atoms with E-state index >= 15 is 0 Å². The third-order valence-corrected chi connectivity index (χ3v) is 1.92. The largest absolute Gasteiger partial charge is 0.376 e. The SMILES string of the molecule is CC.CC1CN(C)C(C)CO1. The molecule has 0 spiro atoms. The number of nitrogens with zero attached hydrogens (tertiary/aromatic N) is 1. The molecule has 1 fully saturated rings. The summed E-state index contributed by atoms with van der Waals surface area (Å²) in [6.45, 7) is 10.3. The first-order valence-electron chi connectivity index (χ1n) is 4.52. The van der Waals surface area contributed by atoms with E-state index in [0.717, 1.165) is 13.2 Å². The van der Waals surface area contributed by atoms with Crippen molar-refractivity contribution in [2.75, 3.05) is 20.2 Å².